The van der Waals surface area contributed by atoms with E-state index in [0.717, 1.165) is 6.92 Å². The topological polar surface area (TPSA) is 157 Å². The van der Waals surface area contributed by atoms with Crippen LogP contribution in [0.25, 0.3) is 0 Å². The number of carboxylic acid groups (broad SMARTS) is 1. The fourth-order valence-corrected chi connectivity index (χ4v) is 1.51. The molecule has 0 saturated heterocycles. The zero-order valence-corrected chi connectivity index (χ0v) is 18.0. The van der Waals surface area contributed by atoms with Crippen molar-refractivity contribution in [3.8, 4) is 0 Å². The number of carboxylic acids is 1. The third-order valence-electron chi connectivity index (χ3n) is 3.58. The van der Waals surface area contributed by atoms with Gasteiger partial charge in [-0.3, -0.25) is 33.6 Å². The first kappa shape index (κ1) is 30.9. The highest BCUT2D eigenvalue weighted by Gasteiger charge is 2.22. The Hall–Kier alpha value is -2.84. The van der Waals surface area contributed by atoms with Crippen molar-refractivity contribution in [3.05, 3.63) is 0 Å². The van der Waals surface area contributed by atoms with Gasteiger partial charge in [-0.25, -0.2) is 4.79 Å². The molecule has 0 aliphatic carbocycles. The van der Waals surface area contributed by atoms with E-state index in [1.807, 2.05) is 13.8 Å². The second-order valence-corrected chi connectivity index (χ2v) is 6.39. The predicted molar refractivity (Wildman–Crippen MR) is 120 cm³/mol. The van der Waals surface area contributed by atoms with E-state index in [1.165, 1.54) is 13.8 Å². The van der Waals surface area contributed by atoms with Crippen LogP contribution in [0.5, 0.6) is 0 Å². The number of Topliss-reactive ketones (excluding diaryl/α,β-unsaturated/α-hetero) is 7. The highest BCUT2D eigenvalue weighted by molar-refractivity contribution is 6.48. The van der Waals surface area contributed by atoms with Crippen LogP contribution >= 0.6 is 0 Å². The molecule has 0 aromatic heterocycles. The fourth-order valence-electron chi connectivity index (χ4n) is 1.51. The van der Waals surface area contributed by atoms with E-state index in [2.05, 4.69) is 0 Å². The summed E-state index contributed by atoms with van der Waals surface area (Å²) in [6.07, 6.45) is 0.635. The summed E-state index contributed by atoms with van der Waals surface area (Å²) in [6, 6.07) is 0. The highest BCUT2D eigenvalue weighted by Crippen LogP contribution is 2.08. The Kier molecular flexibility index (Phi) is 17.2. The van der Waals surface area contributed by atoms with Crippen LogP contribution in [-0.4, -0.2) is 51.6 Å². The number of hydrogen-bond donors (Lipinski definition) is 1. The molecule has 0 heterocycles. The van der Waals surface area contributed by atoms with E-state index >= 15 is 0 Å². The molecular weight excluding hydrogens is 384 g/mol. The molecule has 29 heavy (non-hydrogen) atoms. The van der Waals surface area contributed by atoms with Gasteiger partial charge in [-0.2, -0.15) is 0 Å². The van der Waals surface area contributed by atoms with Gasteiger partial charge in [0.25, 0.3) is 0 Å². The molecule has 0 aromatic carbocycles. The number of carbonyl (C=O) groups excluding carboxylic acids is 7. The van der Waals surface area contributed by atoms with Gasteiger partial charge in [-0.1, -0.05) is 27.7 Å². The molecule has 0 fully saturated rings. The average molecular weight is 431 g/mol. The Labute approximate surface area is 182 Å². The summed E-state index contributed by atoms with van der Waals surface area (Å²) in [6.45, 7) is 10.3. The largest absolute Gasteiger partial charge is 0.475 e. The van der Waals surface area contributed by atoms with E-state index in [-0.39, 0.29) is 28.9 Å². The van der Waals surface area contributed by atoms with Gasteiger partial charge in [0.15, 0.2) is 17.3 Å². The molecule has 0 aliphatic heterocycles. The molecule has 180 valence electrons. The fraction of sp³-hybridized carbons (Fsp3) is 0.600. The van der Waals surface area contributed by atoms with E-state index in [1.54, 1.807) is 13.8 Å². The Morgan fingerprint density at radius 3 is 1.24 bits per heavy atom. The standard InChI is InChI=1S/C9H12O4.C7H12O3.C4H6O2.8H2/c1-5(2)9(13)8(12)4-7(11)6(3)10;1-3-5(4-2)6(8)7(9)10;1-3(5)4(2)6;;;;;;;;/h5H,4H2,1-3H3;5H,3-4H2,1-2H3,(H,9,10);1-2H3;8*1H. The predicted octanol–water partition coefficient (Wildman–Crippen LogP) is 3.54. The summed E-state index contributed by atoms with van der Waals surface area (Å²) < 4.78 is 0. The molecule has 0 atom stereocenters. The van der Waals surface area contributed by atoms with Crippen molar-refractivity contribution in [3.63, 3.8) is 0 Å². The maximum Gasteiger partial charge on any atom is 0.372 e. The summed E-state index contributed by atoms with van der Waals surface area (Å²) in [7, 11) is 0. The first-order valence-corrected chi connectivity index (χ1v) is 9.03. The lowest BCUT2D eigenvalue weighted by molar-refractivity contribution is -0.151. The minimum Gasteiger partial charge on any atom is -0.475 e. The maximum absolute atomic E-state index is 11.0. The Balaban J connectivity index is -0.0000000287. The first-order valence-electron chi connectivity index (χ1n) is 9.03. The van der Waals surface area contributed by atoms with Crippen LogP contribution < -0.4 is 0 Å². The molecule has 0 radical (unpaired) electrons. The second kappa shape index (κ2) is 16.1. The molecule has 0 rings (SSSR count). The number of rotatable bonds is 10. The third-order valence-corrected chi connectivity index (χ3v) is 3.58. The molecule has 0 saturated carbocycles. The molecule has 1 N–H and O–H groups in total. The van der Waals surface area contributed by atoms with Crippen molar-refractivity contribution < 1.29 is 54.9 Å². The van der Waals surface area contributed by atoms with Gasteiger partial charge >= 0.3 is 5.97 Å². The first-order chi connectivity index (χ1) is 13.1. The molecule has 0 spiro atoms. The average Bonchev–Trinajstić information content (AvgIpc) is 2.62. The minimum absolute atomic E-state index is 0. The molecule has 0 aromatic rings. The van der Waals surface area contributed by atoms with Crippen LogP contribution in [0.3, 0.4) is 0 Å². The Morgan fingerprint density at radius 2 is 1.07 bits per heavy atom. The molecule has 9 heteroatoms. The van der Waals surface area contributed by atoms with Crippen LogP contribution in [0, 0.1) is 11.8 Å². The van der Waals surface area contributed by atoms with Crippen LogP contribution in [-0.2, 0) is 38.4 Å². The maximum atomic E-state index is 11.0. The lowest BCUT2D eigenvalue weighted by Crippen LogP contribution is -2.24. The molecule has 9 nitrogen and oxygen atoms in total. The Bertz CT molecular complexity index is 669. The van der Waals surface area contributed by atoms with Crippen molar-refractivity contribution >= 4 is 46.5 Å². The zero-order valence-electron chi connectivity index (χ0n) is 18.0. The van der Waals surface area contributed by atoms with Gasteiger partial charge in [0.05, 0.1) is 6.42 Å². The van der Waals surface area contributed by atoms with Crippen LogP contribution in [0.15, 0.2) is 0 Å². The molecule has 0 bridgehead atoms. The molecular formula is C20H46O9. The van der Waals surface area contributed by atoms with E-state index in [0.29, 0.717) is 12.8 Å². The summed E-state index contributed by atoms with van der Waals surface area (Å²) in [5.74, 6) is -6.33. The second-order valence-electron chi connectivity index (χ2n) is 6.39. The number of carbonyl (C=O) groups is 8. The number of aliphatic carboxylic acids is 1. The van der Waals surface area contributed by atoms with Gasteiger partial charge in [0.2, 0.25) is 23.1 Å². The van der Waals surface area contributed by atoms with Gasteiger partial charge in [-0.15, -0.1) is 0 Å². The van der Waals surface area contributed by atoms with Crippen LogP contribution in [0.4, 0.5) is 0 Å². The normalized spacial score (nSPS) is 9.41. The van der Waals surface area contributed by atoms with Crippen molar-refractivity contribution in [1.82, 2.24) is 0 Å². The molecule has 0 unspecified atom stereocenters. The van der Waals surface area contributed by atoms with E-state index in [4.69, 9.17) is 5.11 Å². The van der Waals surface area contributed by atoms with E-state index in [9.17, 15) is 38.4 Å². The lowest BCUT2D eigenvalue weighted by atomic mass is 9.98. The number of ketones is 7. The smallest absolute Gasteiger partial charge is 0.372 e. The van der Waals surface area contributed by atoms with E-state index < -0.39 is 47.2 Å². The van der Waals surface area contributed by atoms with Crippen molar-refractivity contribution in [1.29, 1.82) is 0 Å². The summed E-state index contributed by atoms with van der Waals surface area (Å²) >= 11 is 0. The molecule has 0 aliphatic rings. The summed E-state index contributed by atoms with van der Waals surface area (Å²) in [5.41, 5.74) is 0. The summed E-state index contributed by atoms with van der Waals surface area (Å²) in [4.78, 5) is 83.6. The monoisotopic (exact) mass is 430 g/mol. The quantitative estimate of drug-likeness (QED) is 0.404. The Morgan fingerprint density at radius 1 is 0.690 bits per heavy atom. The van der Waals surface area contributed by atoms with Crippen molar-refractivity contribution in [2.75, 3.05) is 0 Å². The van der Waals surface area contributed by atoms with Gasteiger partial charge in [0.1, 0.15) is 0 Å². The highest BCUT2D eigenvalue weighted by atomic mass is 16.4. The van der Waals surface area contributed by atoms with Crippen molar-refractivity contribution in [2.45, 2.75) is 67.7 Å². The van der Waals surface area contributed by atoms with Crippen molar-refractivity contribution in [2.24, 2.45) is 11.8 Å². The third kappa shape index (κ3) is 15.9. The lowest BCUT2D eigenvalue weighted by Gasteiger charge is -2.05. The zero-order chi connectivity index (χ0) is 23.9. The summed E-state index contributed by atoms with van der Waals surface area (Å²) in [5, 5.41) is 8.27. The minimum atomic E-state index is -1.31. The van der Waals surface area contributed by atoms with Gasteiger partial charge in [0, 0.05) is 44.0 Å². The SMILES string of the molecule is CC(=O)C(=O)CC(=O)C(=O)C(C)C.CC(=O)C(C)=O.CCC(CC)C(=O)C(=O)O.[HH].[HH].[HH].[HH].[HH].[HH].[HH].[HH]. The van der Waals surface area contributed by atoms with Gasteiger partial charge in [-0.05, 0) is 12.8 Å². The molecule has 0 amide bonds. The van der Waals surface area contributed by atoms with Crippen LogP contribution in [0.1, 0.15) is 79.1 Å². The number of hydrogen-bond acceptors (Lipinski definition) is 8. The van der Waals surface area contributed by atoms with Gasteiger partial charge < -0.3 is 5.11 Å². The van der Waals surface area contributed by atoms with Crippen LogP contribution in [0.2, 0.25) is 0 Å².